The van der Waals surface area contributed by atoms with E-state index in [9.17, 15) is 5.11 Å². The van der Waals surface area contributed by atoms with Crippen molar-refractivity contribution in [2.24, 2.45) is 0 Å². The molecule has 0 atom stereocenters. The van der Waals surface area contributed by atoms with E-state index in [0.717, 1.165) is 16.0 Å². The molecule has 2 aromatic carbocycles. The molecule has 1 N–H and O–H groups in total. The van der Waals surface area contributed by atoms with E-state index in [1.54, 1.807) is 11.3 Å². The second-order valence-electron chi connectivity index (χ2n) is 5.05. The summed E-state index contributed by atoms with van der Waals surface area (Å²) in [5.74, 6) is 6.26. The lowest BCUT2D eigenvalue weighted by atomic mass is 9.84. The van der Waals surface area contributed by atoms with E-state index in [4.69, 9.17) is 0 Å². The van der Waals surface area contributed by atoms with E-state index in [1.165, 1.54) is 0 Å². The zero-order valence-electron chi connectivity index (χ0n) is 12.1. The molecule has 1 aromatic heterocycles. The van der Waals surface area contributed by atoms with Gasteiger partial charge in [-0.05, 0) is 22.6 Å². The Kier molecular flexibility index (Phi) is 4.39. The van der Waals surface area contributed by atoms with Gasteiger partial charge in [-0.3, -0.25) is 0 Å². The number of hydrogen-bond acceptors (Lipinski definition) is 2. The largest absolute Gasteiger partial charge is 0.379 e. The lowest BCUT2D eigenvalue weighted by Crippen LogP contribution is -2.26. The predicted molar refractivity (Wildman–Crippen MR) is 91.7 cm³/mol. The summed E-state index contributed by atoms with van der Waals surface area (Å²) in [5.41, 5.74) is 0.635. The summed E-state index contributed by atoms with van der Waals surface area (Å²) < 4.78 is 0. The van der Waals surface area contributed by atoms with Gasteiger partial charge in [0.15, 0.2) is 0 Å². The molecule has 0 aliphatic rings. The molecule has 0 spiro atoms. The molecule has 1 nitrogen and oxygen atoms in total. The van der Waals surface area contributed by atoms with Crippen LogP contribution in [0.4, 0.5) is 0 Å². The van der Waals surface area contributed by atoms with Crippen LogP contribution in [0.25, 0.3) is 0 Å². The van der Waals surface area contributed by atoms with Crippen LogP contribution in [0.2, 0.25) is 0 Å². The molecular formula is C20H16OS. The zero-order valence-corrected chi connectivity index (χ0v) is 12.9. The van der Waals surface area contributed by atoms with Crippen molar-refractivity contribution in [2.45, 2.75) is 12.0 Å². The molecule has 0 bridgehead atoms. The Morgan fingerprint density at radius 3 is 1.91 bits per heavy atom. The van der Waals surface area contributed by atoms with Crippen LogP contribution in [0, 0.1) is 11.8 Å². The van der Waals surface area contributed by atoms with Crippen molar-refractivity contribution < 1.29 is 5.11 Å². The first-order chi connectivity index (χ1) is 10.8. The van der Waals surface area contributed by atoms with Crippen molar-refractivity contribution in [1.82, 2.24) is 0 Å². The van der Waals surface area contributed by atoms with Gasteiger partial charge in [0.2, 0.25) is 0 Å². The number of benzene rings is 2. The van der Waals surface area contributed by atoms with Gasteiger partial charge in [-0.15, -0.1) is 11.3 Å². The Morgan fingerprint density at radius 1 is 0.818 bits per heavy atom. The first-order valence-electron chi connectivity index (χ1n) is 7.15. The molecular weight excluding hydrogens is 288 g/mol. The van der Waals surface area contributed by atoms with Crippen LogP contribution in [-0.4, -0.2) is 5.11 Å². The van der Waals surface area contributed by atoms with Crippen molar-refractivity contribution in [3.05, 3.63) is 94.2 Å². The maximum atomic E-state index is 11.3. The van der Waals surface area contributed by atoms with Gasteiger partial charge in [-0.1, -0.05) is 78.6 Å². The molecule has 0 amide bonds. The SMILES string of the molecule is OC(CC#Cc1cccs1)(c1ccccc1)c1ccccc1. The summed E-state index contributed by atoms with van der Waals surface area (Å²) >= 11 is 1.61. The van der Waals surface area contributed by atoms with Gasteiger partial charge in [0, 0.05) is 6.42 Å². The van der Waals surface area contributed by atoms with E-state index in [-0.39, 0.29) is 0 Å². The number of hydrogen-bond donors (Lipinski definition) is 1. The van der Waals surface area contributed by atoms with E-state index >= 15 is 0 Å². The average Bonchev–Trinajstić information content (AvgIpc) is 3.10. The smallest absolute Gasteiger partial charge is 0.125 e. The molecule has 3 aromatic rings. The molecule has 1 heterocycles. The minimum absolute atomic E-state index is 0.360. The Bertz CT molecular complexity index is 725. The minimum Gasteiger partial charge on any atom is -0.379 e. The van der Waals surface area contributed by atoms with Gasteiger partial charge < -0.3 is 5.11 Å². The summed E-state index contributed by atoms with van der Waals surface area (Å²) in [6.45, 7) is 0. The Morgan fingerprint density at radius 2 is 1.41 bits per heavy atom. The minimum atomic E-state index is -1.09. The molecule has 0 unspecified atom stereocenters. The van der Waals surface area contributed by atoms with Crippen molar-refractivity contribution >= 4 is 11.3 Å². The van der Waals surface area contributed by atoms with Crippen LogP contribution < -0.4 is 0 Å². The fourth-order valence-corrected chi connectivity index (χ4v) is 3.00. The monoisotopic (exact) mass is 304 g/mol. The fourth-order valence-electron chi connectivity index (χ4n) is 2.41. The summed E-state index contributed by atoms with van der Waals surface area (Å²) in [4.78, 5) is 1.02. The van der Waals surface area contributed by atoms with E-state index in [0.29, 0.717) is 6.42 Å². The molecule has 22 heavy (non-hydrogen) atoms. The Hall–Kier alpha value is -2.34. The zero-order chi connectivity index (χ0) is 15.3. The van der Waals surface area contributed by atoms with Crippen molar-refractivity contribution in [1.29, 1.82) is 0 Å². The second-order valence-corrected chi connectivity index (χ2v) is 6.00. The van der Waals surface area contributed by atoms with Crippen molar-refractivity contribution in [3.8, 4) is 11.8 Å². The fraction of sp³-hybridized carbons (Fsp3) is 0.100. The van der Waals surface area contributed by atoms with E-state index in [1.807, 2.05) is 78.2 Å². The highest BCUT2D eigenvalue weighted by molar-refractivity contribution is 7.10. The Balaban J connectivity index is 1.97. The van der Waals surface area contributed by atoms with Crippen LogP contribution in [0.5, 0.6) is 0 Å². The quantitative estimate of drug-likeness (QED) is 0.710. The third-order valence-electron chi connectivity index (χ3n) is 3.58. The first kappa shape index (κ1) is 14.6. The van der Waals surface area contributed by atoms with Gasteiger partial charge in [0.1, 0.15) is 5.60 Å². The van der Waals surface area contributed by atoms with E-state index < -0.39 is 5.60 Å². The summed E-state index contributed by atoms with van der Waals surface area (Å²) in [7, 11) is 0. The van der Waals surface area contributed by atoms with Crippen molar-refractivity contribution in [3.63, 3.8) is 0 Å². The van der Waals surface area contributed by atoms with Crippen LogP contribution in [-0.2, 0) is 5.60 Å². The van der Waals surface area contributed by atoms with Gasteiger partial charge in [0.25, 0.3) is 0 Å². The normalized spacial score (nSPS) is 10.8. The molecule has 108 valence electrons. The molecule has 0 radical (unpaired) electrons. The molecule has 0 aliphatic carbocycles. The van der Waals surface area contributed by atoms with Crippen LogP contribution in [0.1, 0.15) is 22.4 Å². The van der Waals surface area contributed by atoms with Crippen LogP contribution in [0.3, 0.4) is 0 Å². The highest BCUT2D eigenvalue weighted by Crippen LogP contribution is 2.32. The van der Waals surface area contributed by atoms with Gasteiger partial charge in [-0.25, -0.2) is 0 Å². The molecule has 0 aliphatic heterocycles. The maximum absolute atomic E-state index is 11.3. The average molecular weight is 304 g/mol. The topological polar surface area (TPSA) is 20.2 Å². The number of thiophene rings is 1. The summed E-state index contributed by atoms with van der Waals surface area (Å²) in [5, 5.41) is 13.3. The second kappa shape index (κ2) is 6.62. The number of aliphatic hydroxyl groups is 1. The number of rotatable bonds is 3. The maximum Gasteiger partial charge on any atom is 0.125 e. The molecule has 2 heteroatoms. The van der Waals surface area contributed by atoms with Gasteiger partial charge >= 0.3 is 0 Å². The lowest BCUT2D eigenvalue weighted by molar-refractivity contribution is 0.0865. The lowest BCUT2D eigenvalue weighted by Gasteiger charge is -2.27. The van der Waals surface area contributed by atoms with Crippen LogP contribution >= 0.6 is 11.3 Å². The molecule has 0 saturated heterocycles. The van der Waals surface area contributed by atoms with Gasteiger partial charge in [0.05, 0.1) is 4.88 Å². The third-order valence-corrected chi connectivity index (χ3v) is 4.36. The standard InChI is InChI=1S/C20H16OS/c21-20(17-9-3-1-4-10-17,18-11-5-2-6-12-18)15-7-13-19-14-8-16-22-19/h1-6,8-12,14,16,21H,15H2. The third kappa shape index (κ3) is 3.12. The Labute approximate surface area is 134 Å². The molecule has 0 fully saturated rings. The predicted octanol–water partition coefficient (Wildman–Crippen LogP) is 4.43. The summed E-state index contributed by atoms with van der Waals surface area (Å²) in [6.07, 6.45) is 0.360. The highest BCUT2D eigenvalue weighted by Gasteiger charge is 2.30. The van der Waals surface area contributed by atoms with E-state index in [2.05, 4.69) is 11.8 Å². The van der Waals surface area contributed by atoms with Crippen LogP contribution in [0.15, 0.2) is 78.2 Å². The van der Waals surface area contributed by atoms with Crippen molar-refractivity contribution in [2.75, 3.05) is 0 Å². The van der Waals surface area contributed by atoms with Gasteiger partial charge in [-0.2, -0.15) is 0 Å². The molecule has 0 saturated carbocycles. The molecule has 3 rings (SSSR count). The first-order valence-corrected chi connectivity index (χ1v) is 8.03. The highest BCUT2D eigenvalue weighted by atomic mass is 32.1. The summed E-state index contributed by atoms with van der Waals surface area (Å²) in [6, 6.07) is 23.4.